The van der Waals surface area contributed by atoms with Gasteiger partial charge < -0.3 is 9.84 Å². The summed E-state index contributed by atoms with van der Waals surface area (Å²) < 4.78 is 18.0. The summed E-state index contributed by atoms with van der Waals surface area (Å²) >= 11 is 0. The summed E-state index contributed by atoms with van der Waals surface area (Å²) in [5, 5.41) is 11.7. The maximum absolute atomic E-state index is 13.0. The van der Waals surface area contributed by atoms with Gasteiger partial charge in [-0.3, -0.25) is 19.8 Å². The molecule has 4 amide bonds. The number of carbonyl (C=O) groups is 3. The summed E-state index contributed by atoms with van der Waals surface area (Å²) in [6.45, 7) is -0.117. The number of rotatable bonds is 4. The van der Waals surface area contributed by atoms with Crippen molar-refractivity contribution in [2.75, 3.05) is 7.11 Å². The van der Waals surface area contributed by atoms with Crippen molar-refractivity contribution in [2.45, 2.75) is 6.54 Å². The van der Waals surface area contributed by atoms with Gasteiger partial charge in [-0.1, -0.05) is 18.2 Å². The minimum Gasteiger partial charge on any atom is -0.504 e. The van der Waals surface area contributed by atoms with Crippen LogP contribution in [0.15, 0.2) is 48.0 Å². The number of ether oxygens (including phenoxy) is 1. The third-order valence-electron chi connectivity index (χ3n) is 3.95. The summed E-state index contributed by atoms with van der Waals surface area (Å²) in [6.07, 6.45) is 1.30. The fraction of sp³-hybridized carbons (Fsp3) is 0.105. The normalized spacial score (nSPS) is 15.9. The number of methoxy groups -OCH3 is 1. The SMILES string of the molecule is COc1cc(/C=C2\C(=O)NC(=O)N(Cc3ccc(F)cc3)C2=O)ccc1O. The zero-order valence-corrected chi connectivity index (χ0v) is 14.2. The van der Waals surface area contributed by atoms with Crippen LogP contribution >= 0.6 is 0 Å². The van der Waals surface area contributed by atoms with E-state index < -0.39 is 23.7 Å². The molecule has 3 rings (SSSR count). The molecule has 138 valence electrons. The molecule has 8 heteroatoms. The predicted octanol–water partition coefficient (Wildman–Crippen LogP) is 2.20. The number of urea groups is 1. The van der Waals surface area contributed by atoms with Crippen LogP contribution in [0.25, 0.3) is 6.08 Å². The molecule has 27 heavy (non-hydrogen) atoms. The molecule has 0 unspecified atom stereocenters. The number of imide groups is 2. The molecule has 0 saturated carbocycles. The molecule has 0 aromatic heterocycles. The summed E-state index contributed by atoms with van der Waals surface area (Å²) in [5.41, 5.74) is 0.712. The molecule has 0 atom stereocenters. The Labute approximate surface area is 153 Å². The fourth-order valence-corrected chi connectivity index (χ4v) is 2.56. The van der Waals surface area contributed by atoms with Crippen LogP contribution in [0, 0.1) is 5.82 Å². The van der Waals surface area contributed by atoms with Gasteiger partial charge in [0.2, 0.25) is 0 Å². The monoisotopic (exact) mass is 370 g/mol. The third kappa shape index (κ3) is 3.79. The van der Waals surface area contributed by atoms with Crippen LogP contribution in [-0.2, 0) is 16.1 Å². The fourth-order valence-electron chi connectivity index (χ4n) is 2.56. The number of carbonyl (C=O) groups excluding carboxylic acids is 3. The van der Waals surface area contributed by atoms with E-state index in [0.717, 1.165) is 4.90 Å². The predicted molar refractivity (Wildman–Crippen MR) is 93.1 cm³/mol. The van der Waals surface area contributed by atoms with Crippen molar-refractivity contribution in [2.24, 2.45) is 0 Å². The second-order valence-corrected chi connectivity index (χ2v) is 5.77. The lowest BCUT2D eigenvalue weighted by Crippen LogP contribution is -2.53. The highest BCUT2D eigenvalue weighted by Crippen LogP contribution is 2.28. The van der Waals surface area contributed by atoms with E-state index in [0.29, 0.717) is 11.1 Å². The van der Waals surface area contributed by atoms with Gasteiger partial charge in [0.15, 0.2) is 11.5 Å². The first kappa shape index (κ1) is 18.1. The molecule has 0 bridgehead atoms. The van der Waals surface area contributed by atoms with E-state index in [4.69, 9.17) is 4.74 Å². The van der Waals surface area contributed by atoms with Crippen molar-refractivity contribution in [1.29, 1.82) is 0 Å². The highest BCUT2D eigenvalue weighted by Gasteiger charge is 2.35. The number of phenolic OH excluding ortho intramolecular Hbond substituents is 1. The number of hydrogen-bond acceptors (Lipinski definition) is 5. The van der Waals surface area contributed by atoms with Crippen LogP contribution in [0.4, 0.5) is 9.18 Å². The highest BCUT2D eigenvalue weighted by molar-refractivity contribution is 6.30. The summed E-state index contributed by atoms with van der Waals surface area (Å²) in [7, 11) is 1.37. The smallest absolute Gasteiger partial charge is 0.331 e. The minimum atomic E-state index is -0.852. The van der Waals surface area contributed by atoms with Crippen molar-refractivity contribution in [3.8, 4) is 11.5 Å². The maximum Gasteiger partial charge on any atom is 0.331 e. The number of amides is 4. The molecule has 2 N–H and O–H groups in total. The zero-order valence-electron chi connectivity index (χ0n) is 14.2. The molecule has 1 aliphatic rings. The van der Waals surface area contributed by atoms with Gasteiger partial charge in [0.1, 0.15) is 11.4 Å². The van der Waals surface area contributed by atoms with E-state index in [1.807, 2.05) is 0 Å². The number of nitrogens with zero attached hydrogens (tertiary/aromatic N) is 1. The van der Waals surface area contributed by atoms with Gasteiger partial charge in [0.25, 0.3) is 11.8 Å². The second-order valence-electron chi connectivity index (χ2n) is 5.77. The van der Waals surface area contributed by atoms with Crippen molar-refractivity contribution in [3.63, 3.8) is 0 Å². The molecule has 0 radical (unpaired) electrons. The zero-order chi connectivity index (χ0) is 19.6. The molecular weight excluding hydrogens is 355 g/mol. The van der Waals surface area contributed by atoms with Crippen LogP contribution in [0.5, 0.6) is 11.5 Å². The molecular formula is C19H15FN2O5. The van der Waals surface area contributed by atoms with Crippen molar-refractivity contribution < 1.29 is 28.6 Å². The van der Waals surface area contributed by atoms with Crippen LogP contribution in [0.3, 0.4) is 0 Å². The second kappa shape index (κ2) is 7.28. The van der Waals surface area contributed by atoms with E-state index in [1.165, 1.54) is 55.7 Å². The van der Waals surface area contributed by atoms with E-state index in [1.54, 1.807) is 0 Å². The summed E-state index contributed by atoms with van der Waals surface area (Å²) in [6, 6.07) is 8.77. The quantitative estimate of drug-likeness (QED) is 0.635. The Morgan fingerprint density at radius 3 is 2.52 bits per heavy atom. The van der Waals surface area contributed by atoms with Crippen molar-refractivity contribution >= 4 is 23.9 Å². The van der Waals surface area contributed by atoms with Gasteiger partial charge >= 0.3 is 6.03 Å². The molecule has 2 aromatic carbocycles. The number of barbiturate groups is 1. The van der Waals surface area contributed by atoms with E-state index in [2.05, 4.69) is 5.32 Å². The van der Waals surface area contributed by atoms with Crippen molar-refractivity contribution in [1.82, 2.24) is 10.2 Å². The molecule has 0 spiro atoms. The Balaban J connectivity index is 1.91. The minimum absolute atomic E-state index is 0.0906. The van der Waals surface area contributed by atoms with Crippen molar-refractivity contribution in [3.05, 3.63) is 65.0 Å². The highest BCUT2D eigenvalue weighted by atomic mass is 19.1. The van der Waals surface area contributed by atoms with Gasteiger partial charge in [-0.05, 0) is 41.5 Å². The van der Waals surface area contributed by atoms with Gasteiger partial charge in [-0.15, -0.1) is 0 Å². The standard InChI is InChI=1S/C19H15FN2O5/c1-27-16-9-12(4-7-15(16)23)8-14-17(24)21-19(26)22(18(14)25)10-11-2-5-13(20)6-3-11/h2-9,23H,10H2,1H3,(H,21,24,26)/b14-8+. The Kier molecular flexibility index (Phi) is 4.89. The van der Waals surface area contributed by atoms with Gasteiger partial charge in [0.05, 0.1) is 13.7 Å². The summed E-state index contributed by atoms with van der Waals surface area (Å²) in [5.74, 6) is -1.96. The first-order valence-corrected chi connectivity index (χ1v) is 7.89. The van der Waals surface area contributed by atoms with Gasteiger partial charge in [0, 0.05) is 0 Å². The molecule has 1 fully saturated rings. The number of halogens is 1. The number of benzene rings is 2. The average Bonchev–Trinajstić information content (AvgIpc) is 2.65. The first-order chi connectivity index (χ1) is 12.9. The lowest BCUT2D eigenvalue weighted by Gasteiger charge is -2.26. The van der Waals surface area contributed by atoms with Gasteiger partial charge in [-0.25, -0.2) is 9.18 Å². The first-order valence-electron chi connectivity index (χ1n) is 7.89. The van der Waals surface area contributed by atoms with E-state index in [-0.39, 0.29) is 23.6 Å². The Bertz CT molecular complexity index is 953. The van der Waals surface area contributed by atoms with Crippen LogP contribution in [0.1, 0.15) is 11.1 Å². The lowest BCUT2D eigenvalue weighted by molar-refractivity contribution is -0.130. The number of nitrogens with one attached hydrogen (secondary N) is 1. The average molecular weight is 370 g/mol. The van der Waals surface area contributed by atoms with Crippen LogP contribution < -0.4 is 10.1 Å². The van der Waals surface area contributed by atoms with Crippen LogP contribution in [-0.4, -0.2) is 35.0 Å². The summed E-state index contributed by atoms with van der Waals surface area (Å²) in [4.78, 5) is 37.7. The molecule has 1 saturated heterocycles. The van der Waals surface area contributed by atoms with Crippen LogP contribution in [0.2, 0.25) is 0 Å². The van der Waals surface area contributed by atoms with E-state index >= 15 is 0 Å². The molecule has 0 aliphatic carbocycles. The maximum atomic E-state index is 13.0. The molecule has 2 aromatic rings. The largest absolute Gasteiger partial charge is 0.504 e. The third-order valence-corrected chi connectivity index (χ3v) is 3.95. The number of phenols is 1. The Hall–Kier alpha value is -3.68. The molecule has 7 nitrogen and oxygen atoms in total. The number of aromatic hydroxyl groups is 1. The number of hydrogen-bond donors (Lipinski definition) is 2. The van der Waals surface area contributed by atoms with Gasteiger partial charge in [-0.2, -0.15) is 0 Å². The molecule has 1 heterocycles. The topological polar surface area (TPSA) is 95.9 Å². The Morgan fingerprint density at radius 2 is 1.85 bits per heavy atom. The molecule has 1 aliphatic heterocycles. The Morgan fingerprint density at radius 1 is 1.15 bits per heavy atom. The van der Waals surface area contributed by atoms with E-state index in [9.17, 15) is 23.9 Å². The lowest BCUT2D eigenvalue weighted by atomic mass is 10.1.